The van der Waals surface area contributed by atoms with E-state index in [9.17, 15) is 33.9 Å². The second kappa shape index (κ2) is 15.1. The molecule has 2 atom stereocenters. The Hall–Kier alpha value is -6.30. The number of hydrogen-bond acceptors (Lipinski definition) is 8. The predicted molar refractivity (Wildman–Crippen MR) is 170 cm³/mol. The molecule has 0 bridgehead atoms. The molecule has 12 heteroatoms. The quantitative estimate of drug-likeness (QED) is 0.147. The summed E-state index contributed by atoms with van der Waals surface area (Å²) in [5.41, 5.74) is 7.40. The molecule has 4 N–H and O–H groups in total. The van der Waals surface area contributed by atoms with Crippen molar-refractivity contribution in [1.29, 1.82) is 0 Å². The lowest BCUT2D eigenvalue weighted by Gasteiger charge is -2.23. The molecule has 0 saturated heterocycles. The minimum Gasteiger partial charge on any atom is -0.478 e. The van der Waals surface area contributed by atoms with Crippen LogP contribution in [-0.4, -0.2) is 52.9 Å². The van der Waals surface area contributed by atoms with Gasteiger partial charge >= 0.3 is 17.9 Å². The van der Waals surface area contributed by atoms with Gasteiger partial charge in [-0.3, -0.25) is 25.2 Å². The summed E-state index contributed by atoms with van der Waals surface area (Å²) in [7, 11) is 0. The molecule has 4 aromatic rings. The van der Waals surface area contributed by atoms with Gasteiger partial charge in [-0.15, -0.1) is 0 Å². The normalized spacial score (nSPS) is 11.7. The molecule has 0 aliphatic carbocycles. The van der Waals surface area contributed by atoms with Crippen LogP contribution in [0.5, 0.6) is 0 Å². The molecule has 0 radical (unpaired) electrons. The number of aliphatic carboxylic acids is 1. The van der Waals surface area contributed by atoms with E-state index < -0.39 is 41.9 Å². The number of nitrogens with one attached hydrogen (secondary N) is 3. The summed E-state index contributed by atoms with van der Waals surface area (Å²) in [4.78, 5) is 76.7. The van der Waals surface area contributed by atoms with E-state index in [2.05, 4.69) is 10.7 Å². The number of hydrogen-bond donors (Lipinski definition) is 4. The van der Waals surface area contributed by atoms with Crippen LogP contribution in [0.3, 0.4) is 0 Å². The van der Waals surface area contributed by atoms with Crippen molar-refractivity contribution in [3.05, 3.63) is 136 Å². The molecule has 12 nitrogen and oxygen atoms in total. The van der Waals surface area contributed by atoms with Crippen molar-refractivity contribution < 1.29 is 43.3 Å². The van der Waals surface area contributed by atoms with Gasteiger partial charge < -0.3 is 19.9 Å². The van der Waals surface area contributed by atoms with Crippen molar-refractivity contribution in [2.24, 2.45) is 0 Å². The topological polar surface area (TPSA) is 177 Å². The second-order valence-corrected chi connectivity index (χ2v) is 10.6. The summed E-state index contributed by atoms with van der Waals surface area (Å²) in [6, 6.07) is 25.0. The lowest BCUT2D eigenvalue weighted by Crippen LogP contribution is -2.54. The first-order valence-corrected chi connectivity index (χ1v) is 14.3. The molecule has 0 unspecified atom stereocenters. The van der Waals surface area contributed by atoms with Gasteiger partial charge in [0.05, 0.1) is 11.1 Å². The highest BCUT2D eigenvalue weighted by molar-refractivity contribution is 6.05. The molecule has 0 aromatic heterocycles. The molecule has 0 fully saturated rings. The number of carbonyl (C=O) groups excluding carboxylic acids is 5. The van der Waals surface area contributed by atoms with Crippen LogP contribution in [0.15, 0.2) is 97.1 Å². The first kappa shape index (κ1) is 33.6. The molecule has 0 saturated carbocycles. The lowest BCUT2D eigenvalue weighted by molar-refractivity contribution is -0.159. The molecule has 4 rings (SSSR count). The number of benzene rings is 4. The van der Waals surface area contributed by atoms with Gasteiger partial charge in [-0.2, -0.15) is 0 Å². The van der Waals surface area contributed by atoms with Crippen molar-refractivity contribution >= 4 is 41.3 Å². The Morgan fingerprint density at radius 3 is 1.51 bits per heavy atom. The average Bonchev–Trinajstić information content (AvgIpc) is 3.05. The molecular weight excluding hydrogens is 606 g/mol. The highest BCUT2D eigenvalue weighted by Gasteiger charge is 2.41. The first-order valence-electron chi connectivity index (χ1n) is 14.3. The highest BCUT2D eigenvalue weighted by Crippen LogP contribution is 2.16. The summed E-state index contributed by atoms with van der Waals surface area (Å²) in [5, 5.41) is 12.7. The number of esters is 2. The molecular formula is C35H31N3O9. The smallest absolute Gasteiger partial charge is 0.349 e. The standard InChI is InChI=1S/C35H31N3O9/c1-20-7-4-10-24(17-20)30(39)36-27-15-13-23(14-16-27)31(40)37-38-32(41)28(46-34(44)25-11-5-8-21(2)18-25)29(33(42)43)47-35(45)26-12-6-9-22(3)19-26/h4-19,28-29H,1-3H3,(H,36,39)(H,37,40)(H,38,41)(H,42,43)/t28-,29-/m1/s1. The molecule has 0 aliphatic rings. The van der Waals surface area contributed by atoms with Crippen LogP contribution >= 0.6 is 0 Å². The van der Waals surface area contributed by atoms with Gasteiger partial charge in [0.1, 0.15) is 0 Å². The van der Waals surface area contributed by atoms with E-state index in [-0.39, 0.29) is 22.6 Å². The SMILES string of the molecule is Cc1cccc(C(=O)Nc2ccc(C(=O)NNC(=O)[C@H](OC(=O)c3cccc(C)c3)[C@@H](OC(=O)c3cccc(C)c3)C(=O)O)cc2)c1. The van der Waals surface area contributed by atoms with Gasteiger partial charge in [-0.25, -0.2) is 14.4 Å². The van der Waals surface area contributed by atoms with Crippen molar-refractivity contribution in [2.75, 3.05) is 5.32 Å². The maximum atomic E-state index is 13.3. The Bertz CT molecular complexity index is 1840. The summed E-state index contributed by atoms with van der Waals surface area (Å²) in [6.07, 6.45) is -4.50. The van der Waals surface area contributed by atoms with Crippen LogP contribution < -0.4 is 16.2 Å². The fourth-order valence-corrected chi connectivity index (χ4v) is 4.36. The van der Waals surface area contributed by atoms with E-state index in [1.165, 1.54) is 48.5 Å². The fourth-order valence-electron chi connectivity index (χ4n) is 4.36. The third kappa shape index (κ3) is 9.11. The van der Waals surface area contributed by atoms with E-state index in [1.54, 1.807) is 56.3 Å². The van der Waals surface area contributed by atoms with Gasteiger partial charge in [0, 0.05) is 16.8 Å². The number of rotatable bonds is 10. The zero-order valence-electron chi connectivity index (χ0n) is 25.6. The fraction of sp³-hybridized carbons (Fsp3) is 0.143. The lowest BCUT2D eigenvalue weighted by atomic mass is 10.1. The van der Waals surface area contributed by atoms with Gasteiger partial charge in [0.2, 0.25) is 12.2 Å². The number of amides is 3. The zero-order chi connectivity index (χ0) is 34.1. The number of carboxylic acid groups (broad SMARTS) is 1. The number of carboxylic acids is 1. The van der Waals surface area contributed by atoms with E-state index >= 15 is 0 Å². The Morgan fingerprint density at radius 1 is 0.553 bits per heavy atom. The third-order valence-electron chi connectivity index (χ3n) is 6.74. The molecule has 0 aliphatic heterocycles. The van der Waals surface area contributed by atoms with Crippen LogP contribution in [0.1, 0.15) is 58.1 Å². The first-order chi connectivity index (χ1) is 22.4. The van der Waals surface area contributed by atoms with Gasteiger partial charge in [-0.05, 0) is 81.4 Å². The van der Waals surface area contributed by atoms with Crippen molar-refractivity contribution in [2.45, 2.75) is 33.0 Å². The second-order valence-electron chi connectivity index (χ2n) is 10.6. The third-order valence-corrected chi connectivity index (χ3v) is 6.74. The van der Waals surface area contributed by atoms with Gasteiger partial charge in [0.25, 0.3) is 17.7 Å². The highest BCUT2D eigenvalue weighted by atomic mass is 16.6. The largest absolute Gasteiger partial charge is 0.478 e. The monoisotopic (exact) mass is 637 g/mol. The Labute approximate surface area is 269 Å². The number of hydrazine groups is 1. The average molecular weight is 638 g/mol. The van der Waals surface area contributed by atoms with Crippen LogP contribution in [0.2, 0.25) is 0 Å². The van der Waals surface area contributed by atoms with Crippen molar-refractivity contribution in [3.63, 3.8) is 0 Å². The number of anilines is 1. The van der Waals surface area contributed by atoms with E-state index in [1.807, 2.05) is 18.4 Å². The Morgan fingerprint density at radius 2 is 1.02 bits per heavy atom. The minimum atomic E-state index is -2.29. The number of aryl methyl sites for hydroxylation is 3. The van der Waals surface area contributed by atoms with Crippen molar-refractivity contribution in [3.8, 4) is 0 Å². The van der Waals surface area contributed by atoms with Crippen molar-refractivity contribution in [1.82, 2.24) is 10.9 Å². The van der Waals surface area contributed by atoms with E-state index in [4.69, 9.17) is 9.47 Å². The van der Waals surface area contributed by atoms with Crippen LogP contribution in [0.4, 0.5) is 5.69 Å². The van der Waals surface area contributed by atoms with Crippen LogP contribution in [-0.2, 0) is 19.1 Å². The number of carbonyl (C=O) groups is 6. The predicted octanol–water partition coefficient (Wildman–Crippen LogP) is 4.16. The van der Waals surface area contributed by atoms with E-state index in [0.29, 0.717) is 22.4 Å². The van der Waals surface area contributed by atoms with Crippen LogP contribution in [0, 0.1) is 20.8 Å². The summed E-state index contributed by atoms with van der Waals surface area (Å²) < 4.78 is 10.4. The Kier molecular flexibility index (Phi) is 10.8. The van der Waals surface area contributed by atoms with Gasteiger partial charge in [0.15, 0.2) is 0 Å². The van der Waals surface area contributed by atoms with Gasteiger partial charge in [-0.1, -0.05) is 53.1 Å². The molecule has 3 amide bonds. The maximum absolute atomic E-state index is 13.3. The molecule has 0 spiro atoms. The van der Waals surface area contributed by atoms with E-state index in [0.717, 1.165) is 5.56 Å². The molecule has 4 aromatic carbocycles. The summed E-state index contributed by atoms with van der Waals surface area (Å²) >= 11 is 0. The summed E-state index contributed by atoms with van der Waals surface area (Å²) in [5.74, 6) is -6.38. The van der Waals surface area contributed by atoms with Crippen LogP contribution in [0.25, 0.3) is 0 Å². The molecule has 47 heavy (non-hydrogen) atoms. The Balaban J connectivity index is 1.48. The maximum Gasteiger partial charge on any atom is 0.349 e. The summed E-state index contributed by atoms with van der Waals surface area (Å²) in [6.45, 7) is 5.28. The minimum absolute atomic E-state index is 0.00670. The molecule has 0 heterocycles. The zero-order valence-corrected chi connectivity index (χ0v) is 25.6. The number of ether oxygens (including phenoxy) is 2. The molecule has 240 valence electrons.